The maximum absolute atomic E-state index is 5.79. The van der Waals surface area contributed by atoms with Gasteiger partial charge in [-0.15, -0.1) is 0 Å². The highest BCUT2D eigenvalue weighted by Crippen LogP contribution is 2.15. The lowest BCUT2D eigenvalue weighted by Crippen LogP contribution is -2.18. The van der Waals surface area contributed by atoms with E-state index in [0.29, 0.717) is 6.04 Å². The minimum absolute atomic E-state index is 0.379. The van der Waals surface area contributed by atoms with Crippen molar-refractivity contribution in [1.29, 1.82) is 0 Å². The van der Waals surface area contributed by atoms with Crippen molar-refractivity contribution in [2.75, 3.05) is 0 Å². The molecule has 0 amide bonds. The molecule has 0 saturated carbocycles. The second-order valence-electron chi connectivity index (χ2n) is 5.58. The van der Waals surface area contributed by atoms with Crippen molar-refractivity contribution in [2.24, 2.45) is 11.7 Å². The number of hydrogen-bond acceptors (Lipinski definition) is 1. The molecule has 0 bridgehead atoms. The predicted molar refractivity (Wildman–Crippen MR) is 74.7 cm³/mol. The Bertz CT molecular complexity index is 131. The van der Waals surface area contributed by atoms with E-state index in [1.807, 2.05) is 0 Å². The molecule has 0 saturated heterocycles. The molecule has 0 aromatic carbocycles. The Balaban J connectivity index is 3.08. The molecule has 1 heteroatoms. The number of nitrogens with two attached hydrogens (primary N) is 1. The molecule has 16 heavy (non-hydrogen) atoms. The molecule has 0 aliphatic heterocycles. The lowest BCUT2D eigenvalue weighted by atomic mass is 9.96. The second-order valence-corrected chi connectivity index (χ2v) is 5.58. The molecule has 0 aliphatic rings. The Morgan fingerprint density at radius 1 is 0.812 bits per heavy atom. The molecule has 0 heterocycles. The van der Waals surface area contributed by atoms with Crippen LogP contribution in [0, 0.1) is 5.92 Å². The largest absolute Gasteiger partial charge is 0.328 e. The van der Waals surface area contributed by atoms with E-state index in [1.54, 1.807) is 0 Å². The molecule has 0 radical (unpaired) electrons. The molecular formula is C15H33N. The van der Waals surface area contributed by atoms with E-state index >= 15 is 0 Å². The van der Waals surface area contributed by atoms with Gasteiger partial charge in [0, 0.05) is 6.04 Å². The Morgan fingerprint density at radius 2 is 1.31 bits per heavy atom. The molecule has 2 unspecified atom stereocenters. The average Bonchev–Trinajstić information content (AvgIpc) is 2.21. The van der Waals surface area contributed by atoms with Gasteiger partial charge in [0.15, 0.2) is 0 Å². The van der Waals surface area contributed by atoms with E-state index in [9.17, 15) is 0 Å². The molecule has 2 atom stereocenters. The SMILES string of the molecule is CCCCCCCCCCC(C)CC(C)N. The lowest BCUT2D eigenvalue weighted by Gasteiger charge is -2.13. The summed E-state index contributed by atoms with van der Waals surface area (Å²) in [6.07, 6.45) is 13.9. The molecule has 0 aliphatic carbocycles. The highest BCUT2D eigenvalue weighted by Gasteiger charge is 2.04. The predicted octanol–water partition coefficient (Wildman–Crippen LogP) is 4.89. The van der Waals surface area contributed by atoms with Gasteiger partial charge in [0.1, 0.15) is 0 Å². The number of hydrogen-bond donors (Lipinski definition) is 1. The van der Waals surface area contributed by atoms with E-state index < -0.39 is 0 Å². The first-order valence-corrected chi connectivity index (χ1v) is 7.42. The highest BCUT2D eigenvalue weighted by molar-refractivity contribution is 4.60. The fourth-order valence-electron chi connectivity index (χ4n) is 2.38. The summed E-state index contributed by atoms with van der Waals surface area (Å²) >= 11 is 0. The van der Waals surface area contributed by atoms with Crippen molar-refractivity contribution < 1.29 is 0 Å². The first-order chi connectivity index (χ1) is 7.66. The summed E-state index contributed by atoms with van der Waals surface area (Å²) in [6.45, 7) is 6.73. The van der Waals surface area contributed by atoms with Crippen molar-refractivity contribution in [3.05, 3.63) is 0 Å². The quantitative estimate of drug-likeness (QED) is 0.500. The molecule has 0 fully saturated rings. The number of unbranched alkanes of at least 4 members (excludes halogenated alkanes) is 7. The summed E-state index contributed by atoms with van der Waals surface area (Å²) in [4.78, 5) is 0. The standard InChI is InChI=1S/C15H33N/c1-4-5-6-7-8-9-10-11-12-14(2)13-15(3)16/h14-15H,4-13,16H2,1-3H3. The van der Waals surface area contributed by atoms with Gasteiger partial charge in [-0.05, 0) is 19.3 Å². The molecule has 1 nitrogen and oxygen atoms in total. The summed E-state index contributed by atoms with van der Waals surface area (Å²) < 4.78 is 0. The van der Waals surface area contributed by atoms with Crippen molar-refractivity contribution >= 4 is 0 Å². The summed E-state index contributed by atoms with van der Waals surface area (Å²) in [7, 11) is 0. The second kappa shape index (κ2) is 11.4. The van der Waals surface area contributed by atoms with Gasteiger partial charge < -0.3 is 5.73 Å². The van der Waals surface area contributed by atoms with Crippen LogP contribution in [0.5, 0.6) is 0 Å². The first kappa shape index (κ1) is 16.0. The van der Waals surface area contributed by atoms with Gasteiger partial charge >= 0.3 is 0 Å². The van der Waals surface area contributed by atoms with Crippen LogP contribution in [-0.2, 0) is 0 Å². The van der Waals surface area contributed by atoms with Gasteiger partial charge in [-0.3, -0.25) is 0 Å². The Labute approximate surface area is 103 Å². The maximum Gasteiger partial charge on any atom is 0.00130 e. The van der Waals surface area contributed by atoms with Gasteiger partial charge in [0.05, 0.1) is 0 Å². The molecule has 98 valence electrons. The van der Waals surface area contributed by atoms with E-state index in [4.69, 9.17) is 5.73 Å². The lowest BCUT2D eigenvalue weighted by molar-refractivity contribution is 0.426. The van der Waals surface area contributed by atoms with E-state index in [2.05, 4.69) is 20.8 Å². The van der Waals surface area contributed by atoms with Crippen molar-refractivity contribution in [2.45, 2.75) is 91.0 Å². The van der Waals surface area contributed by atoms with E-state index in [1.165, 1.54) is 64.2 Å². The zero-order chi connectivity index (χ0) is 12.2. The third-order valence-electron chi connectivity index (χ3n) is 3.32. The Kier molecular flexibility index (Phi) is 11.4. The summed E-state index contributed by atoms with van der Waals surface area (Å²) in [6, 6.07) is 0.379. The van der Waals surface area contributed by atoms with Crippen LogP contribution >= 0.6 is 0 Å². The van der Waals surface area contributed by atoms with Crippen molar-refractivity contribution in [3.63, 3.8) is 0 Å². The fourth-order valence-corrected chi connectivity index (χ4v) is 2.38. The fraction of sp³-hybridized carbons (Fsp3) is 1.00. The van der Waals surface area contributed by atoms with Crippen LogP contribution in [0.25, 0.3) is 0 Å². The van der Waals surface area contributed by atoms with Gasteiger partial charge in [-0.25, -0.2) is 0 Å². The zero-order valence-electron chi connectivity index (χ0n) is 11.8. The maximum atomic E-state index is 5.79. The van der Waals surface area contributed by atoms with Gasteiger partial charge in [0.25, 0.3) is 0 Å². The number of rotatable bonds is 11. The monoisotopic (exact) mass is 227 g/mol. The summed E-state index contributed by atoms with van der Waals surface area (Å²) in [5.74, 6) is 0.820. The van der Waals surface area contributed by atoms with Crippen LogP contribution in [0.4, 0.5) is 0 Å². The topological polar surface area (TPSA) is 26.0 Å². The normalized spacial score (nSPS) is 15.0. The highest BCUT2D eigenvalue weighted by atomic mass is 14.6. The van der Waals surface area contributed by atoms with E-state index in [-0.39, 0.29) is 0 Å². The van der Waals surface area contributed by atoms with Gasteiger partial charge in [-0.1, -0.05) is 71.6 Å². The zero-order valence-corrected chi connectivity index (χ0v) is 11.8. The molecule has 0 aromatic rings. The van der Waals surface area contributed by atoms with Gasteiger partial charge in [0.2, 0.25) is 0 Å². The summed E-state index contributed by atoms with van der Waals surface area (Å²) in [5.41, 5.74) is 5.79. The first-order valence-electron chi connectivity index (χ1n) is 7.42. The van der Waals surface area contributed by atoms with Crippen LogP contribution in [0.2, 0.25) is 0 Å². The van der Waals surface area contributed by atoms with Crippen molar-refractivity contribution in [1.82, 2.24) is 0 Å². The third-order valence-corrected chi connectivity index (χ3v) is 3.32. The van der Waals surface area contributed by atoms with Crippen LogP contribution in [-0.4, -0.2) is 6.04 Å². The van der Waals surface area contributed by atoms with Crippen molar-refractivity contribution in [3.8, 4) is 0 Å². The van der Waals surface area contributed by atoms with E-state index in [0.717, 1.165) is 5.92 Å². The summed E-state index contributed by atoms with van der Waals surface area (Å²) in [5, 5.41) is 0. The average molecular weight is 227 g/mol. The third kappa shape index (κ3) is 12.0. The van der Waals surface area contributed by atoms with Crippen LogP contribution in [0.3, 0.4) is 0 Å². The van der Waals surface area contributed by atoms with Gasteiger partial charge in [-0.2, -0.15) is 0 Å². The molecule has 0 spiro atoms. The molecule has 0 rings (SSSR count). The molecule has 2 N–H and O–H groups in total. The molecule has 0 aromatic heterocycles. The minimum Gasteiger partial charge on any atom is -0.328 e. The molecular weight excluding hydrogens is 194 g/mol. The Morgan fingerprint density at radius 3 is 1.81 bits per heavy atom. The van der Waals surface area contributed by atoms with Crippen LogP contribution in [0.1, 0.15) is 85.0 Å². The Hall–Kier alpha value is -0.0400. The smallest absolute Gasteiger partial charge is 0.00130 e. The van der Waals surface area contributed by atoms with Crippen LogP contribution in [0.15, 0.2) is 0 Å². The van der Waals surface area contributed by atoms with Crippen LogP contribution < -0.4 is 5.73 Å². The minimum atomic E-state index is 0.379.